The number of allylic oxidation sites excluding steroid dienone is 1. The Bertz CT molecular complexity index is 1150. The molecule has 0 radical (unpaired) electrons. The molecule has 3 aromatic rings. The first-order valence-corrected chi connectivity index (χ1v) is 10.1. The number of nitrogens with zero attached hydrogens (tertiary/aromatic N) is 2. The lowest BCUT2D eigenvalue weighted by atomic mass is 10.1. The molecular weight excluding hydrogens is 437 g/mol. The normalized spacial score (nSPS) is 11.1. The molecule has 3 rings (SSSR count). The van der Waals surface area contributed by atoms with Crippen molar-refractivity contribution >= 4 is 52.3 Å². The molecule has 0 saturated heterocycles. The summed E-state index contributed by atoms with van der Waals surface area (Å²) in [6.45, 7) is 4.55. The van der Waals surface area contributed by atoms with E-state index in [-0.39, 0.29) is 0 Å². The van der Waals surface area contributed by atoms with Gasteiger partial charge in [-0.2, -0.15) is 5.26 Å². The molecule has 0 aromatic heterocycles. The van der Waals surface area contributed by atoms with Crippen LogP contribution in [-0.4, -0.2) is 0 Å². The second kappa shape index (κ2) is 9.73. The highest BCUT2D eigenvalue weighted by Gasteiger charge is 2.18. The van der Waals surface area contributed by atoms with E-state index in [0.29, 0.717) is 38.6 Å². The van der Waals surface area contributed by atoms with Gasteiger partial charge in [0.15, 0.2) is 0 Å². The minimum Gasteiger partial charge on any atom is -0.397 e. The lowest BCUT2D eigenvalue weighted by Crippen LogP contribution is -2.23. The van der Waals surface area contributed by atoms with Gasteiger partial charge >= 0.3 is 0 Å². The van der Waals surface area contributed by atoms with E-state index in [0.717, 1.165) is 16.8 Å². The quantitative estimate of drug-likeness (QED) is 0.240. The van der Waals surface area contributed by atoms with Gasteiger partial charge in [0.1, 0.15) is 6.07 Å². The van der Waals surface area contributed by atoms with E-state index in [1.165, 1.54) is 0 Å². The number of hydrogen-bond acceptors (Lipinski definition) is 3. The van der Waals surface area contributed by atoms with E-state index in [4.69, 9.17) is 40.5 Å². The van der Waals surface area contributed by atoms with Crippen LogP contribution in [0.25, 0.3) is 6.08 Å². The molecule has 0 aliphatic heterocycles. The van der Waals surface area contributed by atoms with E-state index >= 15 is 0 Å². The topological polar surface area (TPSA) is 53.0 Å². The summed E-state index contributed by atoms with van der Waals surface area (Å²) in [6, 6.07) is 22.2. The van der Waals surface area contributed by atoms with Crippen LogP contribution in [-0.2, 0) is 6.54 Å². The summed E-state index contributed by atoms with van der Waals surface area (Å²) in [7, 11) is 0. The summed E-state index contributed by atoms with van der Waals surface area (Å²) in [5.41, 5.74) is 10.1. The SMILES string of the molecule is C=C(/C(C#N)=C/c1ccc(Cl)cc1)N(Cc1ccc(Cl)cc1Cl)c1ccccc1N. The van der Waals surface area contributed by atoms with Crippen molar-refractivity contribution in [3.63, 3.8) is 0 Å². The monoisotopic (exact) mass is 453 g/mol. The number of rotatable bonds is 6. The Hall–Kier alpha value is -2.90. The maximum atomic E-state index is 9.83. The lowest BCUT2D eigenvalue weighted by Gasteiger charge is -2.28. The Morgan fingerprint density at radius 2 is 1.67 bits per heavy atom. The molecule has 0 bridgehead atoms. The smallest absolute Gasteiger partial charge is 0.101 e. The highest BCUT2D eigenvalue weighted by atomic mass is 35.5. The molecule has 0 unspecified atom stereocenters. The molecule has 150 valence electrons. The van der Waals surface area contributed by atoms with Crippen LogP contribution in [0.4, 0.5) is 11.4 Å². The van der Waals surface area contributed by atoms with Crippen LogP contribution in [0, 0.1) is 11.3 Å². The van der Waals surface area contributed by atoms with Gasteiger partial charge in [0.25, 0.3) is 0 Å². The first-order chi connectivity index (χ1) is 14.4. The van der Waals surface area contributed by atoms with Crippen molar-refractivity contribution in [2.75, 3.05) is 10.6 Å². The summed E-state index contributed by atoms with van der Waals surface area (Å²) >= 11 is 18.4. The zero-order valence-electron chi connectivity index (χ0n) is 15.9. The van der Waals surface area contributed by atoms with E-state index in [1.807, 2.05) is 41.3 Å². The highest BCUT2D eigenvalue weighted by molar-refractivity contribution is 6.35. The van der Waals surface area contributed by atoms with Gasteiger partial charge in [-0.25, -0.2) is 0 Å². The summed E-state index contributed by atoms with van der Waals surface area (Å²) < 4.78 is 0. The third-order valence-corrected chi connectivity index (χ3v) is 5.35. The number of para-hydroxylation sites is 2. The van der Waals surface area contributed by atoms with Crippen molar-refractivity contribution in [3.05, 3.63) is 111 Å². The molecule has 30 heavy (non-hydrogen) atoms. The third kappa shape index (κ3) is 5.17. The molecule has 3 aromatic carbocycles. The molecule has 0 aliphatic carbocycles. The average molecular weight is 455 g/mol. The Labute approximate surface area is 191 Å². The molecule has 0 saturated carbocycles. The van der Waals surface area contributed by atoms with Crippen molar-refractivity contribution in [1.82, 2.24) is 0 Å². The number of anilines is 2. The largest absolute Gasteiger partial charge is 0.397 e. The summed E-state index contributed by atoms with van der Waals surface area (Å²) in [6.07, 6.45) is 1.76. The molecule has 0 spiro atoms. The van der Waals surface area contributed by atoms with Crippen molar-refractivity contribution < 1.29 is 0 Å². The maximum absolute atomic E-state index is 9.83. The number of nitrogens with two attached hydrogens (primary N) is 1. The predicted octanol–water partition coefficient (Wildman–Crippen LogP) is 7.36. The van der Waals surface area contributed by atoms with E-state index in [1.54, 1.807) is 36.4 Å². The minimum atomic E-state index is 0.364. The van der Waals surface area contributed by atoms with E-state index in [2.05, 4.69) is 12.6 Å². The first-order valence-electron chi connectivity index (χ1n) is 9.01. The van der Waals surface area contributed by atoms with Crippen LogP contribution in [0.2, 0.25) is 15.1 Å². The van der Waals surface area contributed by atoms with Gasteiger partial charge in [-0.1, -0.05) is 71.7 Å². The van der Waals surface area contributed by atoms with Gasteiger partial charge in [0, 0.05) is 21.6 Å². The average Bonchev–Trinajstić information content (AvgIpc) is 2.73. The van der Waals surface area contributed by atoms with Crippen molar-refractivity contribution in [2.45, 2.75) is 6.54 Å². The van der Waals surface area contributed by atoms with Crippen LogP contribution in [0.3, 0.4) is 0 Å². The molecule has 0 amide bonds. The van der Waals surface area contributed by atoms with Gasteiger partial charge in [-0.05, 0) is 53.6 Å². The van der Waals surface area contributed by atoms with Crippen LogP contribution < -0.4 is 10.6 Å². The number of hydrogen-bond donors (Lipinski definition) is 1. The minimum absolute atomic E-state index is 0.364. The van der Waals surface area contributed by atoms with Crippen molar-refractivity contribution in [1.29, 1.82) is 5.26 Å². The van der Waals surface area contributed by atoms with Crippen LogP contribution in [0.15, 0.2) is 84.6 Å². The molecule has 0 heterocycles. The van der Waals surface area contributed by atoms with E-state index < -0.39 is 0 Å². The molecule has 2 N–H and O–H groups in total. The Morgan fingerprint density at radius 3 is 2.30 bits per heavy atom. The standard InChI is InChI=1S/C24H18Cl3N3/c1-16(19(14-28)12-17-6-9-20(25)10-7-17)30(24-5-3-2-4-23(24)29)15-18-8-11-21(26)13-22(18)27/h2-13H,1,15,29H2/b19-12+. The van der Waals surface area contributed by atoms with Gasteiger partial charge in [0.05, 0.1) is 22.6 Å². The molecule has 0 fully saturated rings. The highest BCUT2D eigenvalue weighted by Crippen LogP contribution is 2.32. The third-order valence-electron chi connectivity index (χ3n) is 4.51. The zero-order valence-corrected chi connectivity index (χ0v) is 18.2. The van der Waals surface area contributed by atoms with Crippen molar-refractivity contribution in [3.8, 4) is 6.07 Å². The fourth-order valence-electron chi connectivity index (χ4n) is 2.93. The summed E-state index contributed by atoms with van der Waals surface area (Å²) in [4.78, 5) is 1.87. The number of halogens is 3. The zero-order chi connectivity index (χ0) is 21.7. The van der Waals surface area contributed by atoms with Gasteiger partial charge in [-0.3, -0.25) is 0 Å². The van der Waals surface area contributed by atoms with Crippen LogP contribution >= 0.6 is 34.8 Å². The van der Waals surface area contributed by atoms with Gasteiger partial charge < -0.3 is 10.6 Å². The first kappa shape index (κ1) is 21.8. The maximum Gasteiger partial charge on any atom is 0.101 e. The van der Waals surface area contributed by atoms with Crippen LogP contribution in [0.5, 0.6) is 0 Å². The van der Waals surface area contributed by atoms with Gasteiger partial charge in [0.2, 0.25) is 0 Å². The summed E-state index contributed by atoms with van der Waals surface area (Å²) in [5.74, 6) is 0. The fourth-order valence-corrected chi connectivity index (χ4v) is 3.53. The second-order valence-electron chi connectivity index (χ2n) is 6.55. The Morgan fingerprint density at radius 1 is 1.00 bits per heavy atom. The van der Waals surface area contributed by atoms with Crippen LogP contribution in [0.1, 0.15) is 11.1 Å². The Balaban J connectivity index is 2.04. The van der Waals surface area contributed by atoms with Crippen molar-refractivity contribution in [2.24, 2.45) is 0 Å². The molecule has 0 atom stereocenters. The predicted molar refractivity (Wildman–Crippen MR) is 128 cm³/mol. The molecule has 3 nitrogen and oxygen atoms in total. The Kier molecular flexibility index (Phi) is 7.07. The van der Waals surface area contributed by atoms with Gasteiger partial charge in [-0.15, -0.1) is 0 Å². The fraction of sp³-hybridized carbons (Fsp3) is 0.0417. The molecule has 6 heteroatoms. The molecule has 0 aliphatic rings. The van der Waals surface area contributed by atoms with E-state index in [9.17, 15) is 5.26 Å². The number of benzene rings is 3. The lowest BCUT2D eigenvalue weighted by molar-refractivity contribution is 0.932. The number of nitriles is 1. The summed E-state index contributed by atoms with van der Waals surface area (Å²) in [5, 5.41) is 11.5. The number of nitrogen functional groups attached to an aromatic ring is 1. The second-order valence-corrected chi connectivity index (χ2v) is 7.83. The molecular formula is C24H18Cl3N3.